The Bertz CT molecular complexity index is 417. The predicted octanol–water partition coefficient (Wildman–Crippen LogP) is 1.19. The first-order chi connectivity index (χ1) is 7.74. The van der Waals surface area contributed by atoms with Crippen LogP contribution in [0.2, 0.25) is 0 Å². The zero-order valence-corrected chi connectivity index (χ0v) is 9.22. The summed E-state index contributed by atoms with van der Waals surface area (Å²) < 4.78 is 0. The third-order valence-electron chi connectivity index (χ3n) is 2.95. The monoisotopic (exact) mass is 218 g/mol. The summed E-state index contributed by atoms with van der Waals surface area (Å²) in [6, 6.07) is 3.24. The molecule has 0 bridgehead atoms. The maximum absolute atomic E-state index is 12.2. The van der Waals surface area contributed by atoms with Gasteiger partial charge >= 0.3 is 0 Å². The van der Waals surface area contributed by atoms with Gasteiger partial charge in [-0.3, -0.25) is 9.78 Å². The molecule has 1 atom stereocenters. The molecule has 0 saturated carbocycles. The van der Waals surface area contributed by atoms with Gasteiger partial charge in [0, 0.05) is 18.4 Å². The Labute approximate surface area is 94.3 Å². The molecule has 4 heteroatoms. The lowest BCUT2D eigenvalue weighted by atomic mass is 10.1. The third-order valence-corrected chi connectivity index (χ3v) is 2.95. The summed E-state index contributed by atoms with van der Waals surface area (Å²) in [7, 11) is 0. The second-order valence-electron chi connectivity index (χ2n) is 3.98. The van der Waals surface area contributed by atoms with Crippen LogP contribution in [0.1, 0.15) is 28.9 Å². The number of pyridine rings is 1. The Hall–Kier alpha value is -1.71. The Kier molecular flexibility index (Phi) is 2.99. The van der Waals surface area contributed by atoms with E-state index in [1.165, 1.54) is 0 Å². The van der Waals surface area contributed by atoms with Crippen molar-refractivity contribution in [1.29, 1.82) is 0 Å². The summed E-state index contributed by atoms with van der Waals surface area (Å²) in [5, 5.41) is 0. The quantitative estimate of drug-likeness (QED) is 0.701. The maximum Gasteiger partial charge on any atom is 0.256 e. The molecule has 0 radical (unpaired) electrons. The van der Waals surface area contributed by atoms with E-state index >= 15 is 0 Å². The van der Waals surface area contributed by atoms with Crippen molar-refractivity contribution in [2.75, 3.05) is 6.54 Å². The summed E-state index contributed by atoms with van der Waals surface area (Å²) >= 11 is 0. The molecule has 0 unspecified atom stereocenters. The molecule has 1 fully saturated rings. The number of hydrogen-bond donors (Lipinski definition) is 0. The van der Waals surface area contributed by atoms with Gasteiger partial charge in [-0.05, 0) is 31.9 Å². The van der Waals surface area contributed by atoms with E-state index in [4.69, 9.17) is 0 Å². The highest BCUT2D eigenvalue weighted by Gasteiger charge is 2.29. The fraction of sp³-hybridized carbons (Fsp3) is 0.417. The van der Waals surface area contributed by atoms with Crippen LogP contribution in [0.5, 0.6) is 0 Å². The largest absolute Gasteiger partial charge is 0.329 e. The van der Waals surface area contributed by atoms with Crippen LogP contribution in [0, 0.1) is 6.92 Å². The molecular weight excluding hydrogens is 204 g/mol. The van der Waals surface area contributed by atoms with Crippen LogP contribution in [-0.4, -0.2) is 34.7 Å². The molecule has 0 aromatic carbocycles. The van der Waals surface area contributed by atoms with Crippen molar-refractivity contribution in [3.05, 3.63) is 29.6 Å². The fourth-order valence-corrected chi connectivity index (χ4v) is 2.05. The lowest BCUT2D eigenvalue weighted by molar-refractivity contribution is -0.111. The van der Waals surface area contributed by atoms with Gasteiger partial charge in [0.25, 0.3) is 5.91 Å². The van der Waals surface area contributed by atoms with Crippen molar-refractivity contribution in [2.45, 2.75) is 25.8 Å². The zero-order chi connectivity index (χ0) is 11.5. The average molecular weight is 218 g/mol. The number of aryl methyl sites for hydroxylation is 1. The van der Waals surface area contributed by atoms with Crippen molar-refractivity contribution >= 4 is 12.2 Å². The number of carbonyl (C=O) groups excluding carboxylic acids is 2. The number of likely N-dealkylation sites (tertiary alicyclic amines) is 1. The molecule has 0 spiro atoms. The highest BCUT2D eigenvalue weighted by molar-refractivity contribution is 5.96. The number of nitrogens with zero attached hydrogens (tertiary/aromatic N) is 2. The molecule has 1 aliphatic rings. The Morgan fingerprint density at radius 3 is 3.12 bits per heavy atom. The number of carbonyl (C=O) groups is 2. The number of aromatic nitrogens is 1. The van der Waals surface area contributed by atoms with E-state index in [1.54, 1.807) is 30.2 Å². The lowest BCUT2D eigenvalue weighted by Crippen LogP contribution is -2.36. The standard InChI is InChI=1S/C12H14N2O2/c1-9-11(5-2-6-13-9)12(16)14-7-3-4-10(14)8-15/h2,5-6,8,10H,3-4,7H2,1H3/t10-/m0/s1. The second kappa shape index (κ2) is 4.43. The van der Waals surface area contributed by atoms with Crippen LogP contribution >= 0.6 is 0 Å². The molecule has 1 aliphatic heterocycles. The van der Waals surface area contributed by atoms with Gasteiger partial charge in [0.2, 0.25) is 0 Å². The van der Waals surface area contributed by atoms with E-state index in [9.17, 15) is 9.59 Å². The van der Waals surface area contributed by atoms with Gasteiger partial charge in [-0.2, -0.15) is 0 Å². The Morgan fingerprint density at radius 1 is 1.62 bits per heavy atom. The van der Waals surface area contributed by atoms with Crippen molar-refractivity contribution in [1.82, 2.24) is 9.88 Å². The molecule has 1 aromatic rings. The van der Waals surface area contributed by atoms with Gasteiger partial charge < -0.3 is 9.69 Å². The average Bonchev–Trinajstić information content (AvgIpc) is 2.77. The smallest absolute Gasteiger partial charge is 0.256 e. The van der Waals surface area contributed by atoms with Crippen LogP contribution in [0.15, 0.2) is 18.3 Å². The van der Waals surface area contributed by atoms with Gasteiger partial charge in [-0.25, -0.2) is 0 Å². The van der Waals surface area contributed by atoms with Crippen molar-refractivity contribution in [2.24, 2.45) is 0 Å². The summed E-state index contributed by atoms with van der Waals surface area (Å²) in [6.07, 6.45) is 4.19. The minimum absolute atomic E-state index is 0.0831. The van der Waals surface area contributed by atoms with Gasteiger partial charge in [-0.1, -0.05) is 0 Å². The van der Waals surface area contributed by atoms with Crippen LogP contribution in [0.25, 0.3) is 0 Å². The summed E-state index contributed by atoms with van der Waals surface area (Å²) in [5.41, 5.74) is 1.31. The SMILES string of the molecule is Cc1ncccc1C(=O)N1CCC[C@H]1C=O. The minimum Gasteiger partial charge on any atom is -0.329 e. The van der Waals surface area contributed by atoms with Crippen LogP contribution in [-0.2, 0) is 4.79 Å². The van der Waals surface area contributed by atoms with E-state index in [2.05, 4.69) is 4.98 Å². The molecule has 4 nitrogen and oxygen atoms in total. The molecule has 1 saturated heterocycles. The van der Waals surface area contributed by atoms with Crippen LogP contribution in [0.4, 0.5) is 0 Å². The topological polar surface area (TPSA) is 50.3 Å². The van der Waals surface area contributed by atoms with Crippen molar-refractivity contribution in [3.8, 4) is 0 Å². The summed E-state index contributed by atoms with van der Waals surface area (Å²) in [6.45, 7) is 2.47. The highest BCUT2D eigenvalue weighted by atomic mass is 16.2. The van der Waals surface area contributed by atoms with Gasteiger partial charge in [0.15, 0.2) is 0 Å². The molecule has 0 aliphatic carbocycles. The fourth-order valence-electron chi connectivity index (χ4n) is 2.05. The number of hydrogen-bond acceptors (Lipinski definition) is 3. The van der Waals surface area contributed by atoms with Crippen LogP contribution < -0.4 is 0 Å². The van der Waals surface area contributed by atoms with Gasteiger partial charge in [-0.15, -0.1) is 0 Å². The second-order valence-corrected chi connectivity index (χ2v) is 3.98. The first kappa shape index (κ1) is 10.8. The molecule has 1 amide bonds. The van der Waals surface area contributed by atoms with Crippen molar-refractivity contribution in [3.63, 3.8) is 0 Å². The maximum atomic E-state index is 12.2. The van der Waals surface area contributed by atoms with E-state index in [0.717, 1.165) is 19.1 Å². The van der Waals surface area contributed by atoms with Gasteiger partial charge in [0.1, 0.15) is 6.29 Å². The summed E-state index contributed by atoms with van der Waals surface area (Å²) in [4.78, 5) is 28.7. The highest BCUT2D eigenvalue weighted by Crippen LogP contribution is 2.19. The molecule has 2 heterocycles. The zero-order valence-electron chi connectivity index (χ0n) is 9.22. The number of amides is 1. The predicted molar refractivity (Wildman–Crippen MR) is 59.1 cm³/mol. The molecular formula is C12H14N2O2. The first-order valence-corrected chi connectivity index (χ1v) is 5.42. The van der Waals surface area contributed by atoms with E-state index < -0.39 is 0 Å². The molecule has 84 valence electrons. The number of rotatable bonds is 2. The molecule has 0 N–H and O–H groups in total. The van der Waals surface area contributed by atoms with E-state index in [-0.39, 0.29) is 11.9 Å². The van der Waals surface area contributed by atoms with E-state index in [0.29, 0.717) is 17.8 Å². The Morgan fingerprint density at radius 2 is 2.44 bits per heavy atom. The first-order valence-electron chi connectivity index (χ1n) is 5.42. The Balaban J connectivity index is 2.25. The molecule has 1 aromatic heterocycles. The molecule has 2 rings (SSSR count). The van der Waals surface area contributed by atoms with E-state index in [1.807, 2.05) is 0 Å². The van der Waals surface area contributed by atoms with Crippen molar-refractivity contribution < 1.29 is 9.59 Å². The third kappa shape index (κ3) is 1.83. The normalized spacial score (nSPS) is 19.8. The molecule has 16 heavy (non-hydrogen) atoms. The van der Waals surface area contributed by atoms with Gasteiger partial charge in [0.05, 0.1) is 11.6 Å². The lowest BCUT2D eigenvalue weighted by Gasteiger charge is -2.20. The summed E-state index contributed by atoms with van der Waals surface area (Å²) in [5.74, 6) is -0.0831. The number of aldehydes is 1. The van der Waals surface area contributed by atoms with Crippen LogP contribution in [0.3, 0.4) is 0 Å². The minimum atomic E-state index is -0.257.